The highest BCUT2D eigenvalue weighted by molar-refractivity contribution is 6.08. The summed E-state index contributed by atoms with van der Waals surface area (Å²) in [5, 5.41) is 19.8. The molecule has 20 heavy (non-hydrogen) atoms. The fraction of sp³-hybridized carbons (Fsp3) is 0.667. The van der Waals surface area contributed by atoms with Gasteiger partial charge >= 0.3 is 5.97 Å². The number of hydrogen-bond donors (Lipinski definition) is 3. The second-order valence-corrected chi connectivity index (χ2v) is 5.85. The number of allylic oxidation sites excluding steroid dienone is 1. The SMILES string of the molecule is CC(=O)[C@H]1CC[C@H](N/C(=C(\C=N)C(=O)O)C2CC2)CC1. The van der Waals surface area contributed by atoms with Crippen LogP contribution >= 0.6 is 0 Å². The van der Waals surface area contributed by atoms with Crippen LogP contribution < -0.4 is 5.32 Å². The van der Waals surface area contributed by atoms with E-state index in [0.29, 0.717) is 0 Å². The van der Waals surface area contributed by atoms with Crippen molar-refractivity contribution in [1.29, 1.82) is 5.41 Å². The number of aliphatic carboxylic acids is 1. The average molecular weight is 278 g/mol. The van der Waals surface area contributed by atoms with Gasteiger partial charge in [-0.1, -0.05) is 0 Å². The van der Waals surface area contributed by atoms with Gasteiger partial charge in [0.1, 0.15) is 5.78 Å². The first-order chi connectivity index (χ1) is 9.52. The molecule has 2 rings (SSSR count). The molecule has 0 heterocycles. The Bertz CT molecular complexity index is 444. The van der Waals surface area contributed by atoms with E-state index in [1.807, 2.05) is 0 Å². The summed E-state index contributed by atoms with van der Waals surface area (Å²) in [6, 6.07) is 0.232. The quantitative estimate of drug-likeness (QED) is 0.513. The summed E-state index contributed by atoms with van der Waals surface area (Å²) in [6.45, 7) is 1.64. The van der Waals surface area contributed by atoms with E-state index in [9.17, 15) is 14.7 Å². The highest BCUT2D eigenvalue weighted by Gasteiger charge is 2.33. The standard InChI is InChI=1S/C15H22N2O3/c1-9(18)10-4-6-12(7-5-10)17-14(11-2-3-11)13(8-16)15(19)20/h8,10-12,16-17H,2-7H2,1H3,(H,19,20)/b14-13+,16-8?/t10-,12-. The van der Waals surface area contributed by atoms with Gasteiger partial charge in [0.2, 0.25) is 0 Å². The zero-order valence-electron chi connectivity index (χ0n) is 11.8. The number of carbonyl (C=O) groups excluding carboxylic acids is 1. The molecule has 0 radical (unpaired) electrons. The Morgan fingerprint density at radius 1 is 1.10 bits per heavy atom. The molecule has 5 heteroatoms. The summed E-state index contributed by atoms with van der Waals surface area (Å²) >= 11 is 0. The van der Waals surface area contributed by atoms with Gasteiger partial charge in [-0.3, -0.25) is 4.79 Å². The summed E-state index contributed by atoms with van der Waals surface area (Å²) in [5.74, 6) is -0.338. The van der Waals surface area contributed by atoms with E-state index in [1.54, 1.807) is 6.92 Å². The van der Waals surface area contributed by atoms with Gasteiger partial charge in [-0.15, -0.1) is 0 Å². The zero-order chi connectivity index (χ0) is 14.7. The lowest BCUT2D eigenvalue weighted by atomic mass is 9.83. The fourth-order valence-electron chi connectivity index (χ4n) is 2.91. The Morgan fingerprint density at radius 2 is 1.65 bits per heavy atom. The van der Waals surface area contributed by atoms with Crippen molar-refractivity contribution in [2.75, 3.05) is 0 Å². The normalized spacial score (nSPS) is 27.4. The van der Waals surface area contributed by atoms with Crippen molar-refractivity contribution in [3.05, 3.63) is 11.3 Å². The van der Waals surface area contributed by atoms with Gasteiger partial charge in [0.05, 0.1) is 5.57 Å². The highest BCUT2D eigenvalue weighted by Crippen LogP contribution is 2.37. The number of nitrogens with one attached hydrogen (secondary N) is 2. The summed E-state index contributed by atoms with van der Waals surface area (Å²) < 4.78 is 0. The largest absolute Gasteiger partial charge is 0.478 e. The lowest BCUT2D eigenvalue weighted by molar-refractivity contribution is -0.132. The second kappa shape index (κ2) is 6.20. The minimum absolute atomic E-state index is 0.0844. The first-order valence-electron chi connectivity index (χ1n) is 7.27. The van der Waals surface area contributed by atoms with Crippen LogP contribution in [0.5, 0.6) is 0 Å². The predicted molar refractivity (Wildman–Crippen MR) is 75.7 cm³/mol. The van der Waals surface area contributed by atoms with E-state index < -0.39 is 5.97 Å². The van der Waals surface area contributed by atoms with Crippen molar-refractivity contribution >= 4 is 18.0 Å². The van der Waals surface area contributed by atoms with Gasteiger partial charge in [0.15, 0.2) is 0 Å². The molecule has 3 N–H and O–H groups in total. The van der Waals surface area contributed by atoms with Crippen molar-refractivity contribution < 1.29 is 14.7 Å². The molecule has 2 saturated carbocycles. The van der Waals surface area contributed by atoms with Gasteiger partial charge in [-0.25, -0.2) is 4.79 Å². The molecule has 0 aromatic rings. The maximum absolute atomic E-state index is 11.4. The summed E-state index contributed by atoms with van der Waals surface area (Å²) in [5.41, 5.74) is 0.806. The van der Waals surface area contributed by atoms with Gasteiger partial charge in [-0.05, 0) is 51.4 Å². The third kappa shape index (κ3) is 3.46. The smallest absolute Gasteiger partial charge is 0.339 e. The number of ketones is 1. The molecule has 0 saturated heterocycles. The first-order valence-corrected chi connectivity index (χ1v) is 7.27. The Hall–Kier alpha value is -1.65. The van der Waals surface area contributed by atoms with E-state index in [2.05, 4.69) is 5.32 Å². The Balaban J connectivity index is 2.02. The number of Topliss-reactive ketones (excluding diaryl/α,β-unsaturated/α-hetero) is 1. The minimum Gasteiger partial charge on any atom is -0.478 e. The second-order valence-electron chi connectivity index (χ2n) is 5.85. The highest BCUT2D eigenvalue weighted by atomic mass is 16.4. The molecule has 0 aliphatic heterocycles. The maximum atomic E-state index is 11.4. The molecule has 0 amide bonds. The molecule has 0 atom stereocenters. The van der Waals surface area contributed by atoms with E-state index in [1.165, 1.54) is 0 Å². The molecule has 2 aliphatic carbocycles. The third-order valence-corrected chi connectivity index (χ3v) is 4.31. The zero-order valence-corrected chi connectivity index (χ0v) is 11.8. The topological polar surface area (TPSA) is 90.3 Å². The van der Waals surface area contributed by atoms with Crippen LogP contribution in [0.4, 0.5) is 0 Å². The molecule has 0 spiro atoms. The van der Waals surface area contributed by atoms with Crippen molar-refractivity contribution in [3.8, 4) is 0 Å². The van der Waals surface area contributed by atoms with Gasteiger partial charge in [0.25, 0.3) is 0 Å². The van der Waals surface area contributed by atoms with Crippen LogP contribution in [0.15, 0.2) is 11.3 Å². The van der Waals surface area contributed by atoms with Crippen molar-refractivity contribution in [1.82, 2.24) is 5.32 Å². The van der Waals surface area contributed by atoms with Crippen LogP contribution in [0.3, 0.4) is 0 Å². The third-order valence-electron chi connectivity index (χ3n) is 4.31. The average Bonchev–Trinajstić information content (AvgIpc) is 3.23. The molecule has 110 valence electrons. The number of hydrogen-bond acceptors (Lipinski definition) is 4. The van der Waals surface area contributed by atoms with E-state index in [4.69, 9.17) is 5.41 Å². The summed E-state index contributed by atoms with van der Waals surface area (Å²) in [7, 11) is 0. The molecule has 0 unspecified atom stereocenters. The maximum Gasteiger partial charge on any atom is 0.339 e. The monoisotopic (exact) mass is 278 g/mol. The van der Waals surface area contributed by atoms with Crippen LogP contribution in [-0.2, 0) is 9.59 Å². The molecular weight excluding hydrogens is 256 g/mol. The molecule has 0 bridgehead atoms. The molecule has 5 nitrogen and oxygen atoms in total. The predicted octanol–water partition coefficient (Wildman–Crippen LogP) is 2.12. The van der Waals surface area contributed by atoms with Crippen molar-refractivity contribution in [2.45, 2.75) is 51.5 Å². The van der Waals surface area contributed by atoms with E-state index in [-0.39, 0.29) is 29.2 Å². The minimum atomic E-state index is -1.04. The van der Waals surface area contributed by atoms with Gasteiger partial charge in [0, 0.05) is 23.9 Å². The lowest BCUT2D eigenvalue weighted by Gasteiger charge is -2.29. The van der Waals surface area contributed by atoms with Gasteiger partial charge < -0.3 is 15.8 Å². The van der Waals surface area contributed by atoms with Crippen LogP contribution in [0, 0.1) is 17.2 Å². The molecule has 0 aromatic carbocycles. The molecule has 0 aromatic heterocycles. The summed E-state index contributed by atoms with van der Waals surface area (Å²) in [6.07, 6.45) is 6.46. The molecular formula is C15H22N2O3. The first kappa shape index (κ1) is 14.8. The molecule has 2 aliphatic rings. The Morgan fingerprint density at radius 3 is 2.05 bits per heavy atom. The number of carboxylic acid groups (broad SMARTS) is 1. The van der Waals surface area contributed by atoms with Gasteiger partial charge in [-0.2, -0.15) is 0 Å². The van der Waals surface area contributed by atoms with Crippen molar-refractivity contribution in [2.24, 2.45) is 11.8 Å². The Labute approximate surface area is 118 Å². The number of rotatable bonds is 6. The van der Waals surface area contributed by atoms with E-state index >= 15 is 0 Å². The van der Waals surface area contributed by atoms with Crippen LogP contribution in [-0.4, -0.2) is 29.1 Å². The molecule has 2 fully saturated rings. The lowest BCUT2D eigenvalue weighted by Crippen LogP contribution is -2.36. The van der Waals surface area contributed by atoms with Crippen LogP contribution in [0.2, 0.25) is 0 Å². The Kier molecular flexibility index (Phi) is 4.57. The van der Waals surface area contributed by atoms with E-state index in [0.717, 1.165) is 50.4 Å². The van der Waals surface area contributed by atoms with Crippen LogP contribution in [0.1, 0.15) is 45.4 Å². The van der Waals surface area contributed by atoms with Crippen LogP contribution in [0.25, 0.3) is 0 Å². The number of carboxylic acids is 1. The van der Waals surface area contributed by atoms with Crippen molar-refractivity contribution in [3.63, 3.8) is 0 Å². The fourth-order valence-corrected chi connectivity index (χ4v) is 2.91. The summed E-state index contributed by atoms with van der Waals surface area (Å²) in [4.78, 5) is 22.5. The number of carbonyl (C=O) groups is 2.